The van der Waals surface area contributed by atoms with E-state index in [1.54, 1.807) is 6.07 Å². The summed E-state index contributed by atoms with van der Waals surface area (Å²) in [6, 6.07) is 13.5. The number of rotatable bonds is 8. The Balaban J connectivity index is 2.55. The summed E-state index contributed by atoms with van der Waals surface area (Å²) in [6.45, 7) is 7.42. The van der Waals surface area contributed by atoms with Crippen LogP contribution in [0, 0.1) is 6.92 Å². The third kappa shape index (κ3) is 4.72. The lowest BCUT2D eigenvalue weighted by Gasteiger charge is -2.24. The Kier molecular flexibility index (Phi) is 6.96. The van der Waals surface area contributed by atoms with Gasteiger partial charge in [-0.25, -0.2) is 0 Å². The molecule has 0 radical (unpaired) electrons. The molecule has 0 aliphatic rings. The number of carbonyl (C=O) groups is 2. The molecule has 0 heterocycles. The lowest BCUT2D eigenvalue weighted by atomic mass is 9.91. The number of benzene rings is 2. The number of amides is 2. The number of nitrogens with two attached hydrogens (primary N) is 1. The zero-order chi connectivity index (χ0) is 19.1. The maximum absolute atomic E-state index is 13.2. The summed E-state index contributed by atoms with van der Waals surface area (Å²) in [5.41, 5.74) is 9.29. The van der Waals surface area contributed by atoms with E-state index in [9.17, 15) is 9.59 Å². The minimum atomic E-state index is -0.494. The Labute approximate surface area is 156 Å². The van der Waals surface area contributed by atoms with E-state index in [0.717, 1.165) is 29.5 Å². The summed E-state index contributed by atoms with van der Waals surface area (Å²) in [5, 5.41) is 0. The van der Waals surface area contributed by atoms with Gasteiger partial charge in [-0.05, 0) is 55.0 Å². The molecule has 0 aromatic heterocycles. The highest BCUT2D eigenvalue weighted by atomic mass is 16.2. The number of aryl methyl sites for hydroxylation is 1. The van der Waals surface area contributed by atoms with E-state index in [1.807, 2.05) is 48.2 Å². The van der Waals surface area contributed by atoms with Crippen molar-refractivity contribution in [3.05, 3.63) is 70.3 Å². The first kappa shape index (κ1) is 19.7. The van der Waals surface area contributed by atoms with E-state index in [1.165, 1.54) is 0 Å². The van der Waals surface area contributed by atoms with Gasteiger partial charge in [-0.3, -0.25) is 9.59 Å². The highest BCUT2D eigenvalue weighted by Crippen LogP contribution is 2.23. The first-order valence-corrected chi connectivity index (χ1v) is 9.24. The summed E-state index contributed by atoms with van der Waals surface area (Å²) in [7, 11) is 0. The van der Waals surface area contributed by atoms with Crippen LogP contribution in [-0.2, 0) is 6.42 Å². The van der Waals surface area contributed by atoms with Gasteiger partial charge in [-0.15, -0.1) is 0 Å². The molecule has 0 fully saturated rings. The van der Waals surface area contributed by atoms with Crippen LogP contribution in [-0.4, -0.2) is 29.8 Å². The number of carbonyl (C=O) groups excluding carboxylic acids is 2. The number of primary amides is 1. The standard InChI is InChI=1S/C22H28N2O2/c1-4-11-24(12-5-2)22(26)20-14-16(3)13-19(21(23)25)18(20)15-17-9-7-6-8-10-17/h6-10,13-14H,4-5,11-12,15H2,1-3H3,(H2,23,25). The fourth-order valence-electron chi connectivity index (χ4n) is 3.24. The molecule has 2 N–H and O–H groups in total. The molecule has 2 amide bonds. The number of hydrogen-bond acceptors (Lipinski definition) is 2. The van der Waals surface area contributed by atoms with Crippen LogP contribution in [0.15, 0.2) is 42.5 Å². The van der Waals surface area contributed by atoms with Gasteiger partial charge in [0.15, 0.2) is 0 Å². The SMILES string of the molecule is CCCN(CCC)C(=O)c1cc(C)cc(C(N)=O)c1Cc1ccccc1. The smallest absolute Gasteiger partial charge is 0.254 e. The summed E-state index contributed by atoms with van der Waals surface area (Å²) in [4.78, 5) is 27.2. The van der Waals surface area contributed by atoms with Gasteiger partial charge in [0.1, 0.15) is 0 Å². The zero-order valence-electron chi connectivity index (χ0n) is 15.9. The summed E-state index contributed by atoms with van der Waals surface area (Å²) < 4.78 is 0. The normalized spacial score (nSPS) is 10.6. The Morgan fingerprint density at radius 1 is 0.962 bits per heavy atom. The van der Waals surface area contributed by atoms with Crippen LogP contribution in [0.5, 0.6) is 0 Å². The zero-order valence-corrected chi connectivity index (χ0v) is 15.9. The lowest BCUT2D eigenvalue weighted by molar-refractivity contribution is 0.0754. The first-order valence-electron chi connectivity index (χ1n) is 9.24. The fraction of sp³-hybridized carbons (Fsp3) is 0.364. The number of hydrogen-bond donors (Lipinski definition) is 1. The van der Waals surface area contributed by atoms with Crippen molar-refractivity contribution in [2.24, 2.45) is 5.73 Å². The summed E-state index contributed by atoms with van der Waals surface area (Å²) in [6.07, 6.45) is 2.30. The molecule has 0 saturated carbocycles. The van der Waals surface area contributed by atoms with Crippen LogP contribution in [0.4, 0.5) is 0 Å². The van der Waals surface area contributed by atoms with Gasteiger partial charge >= 0.3 is 0 Å². The molecule has 26 heavy (non-hydrogen) atoms. The molecule has 0 bridgehead atoms. The largest absolute Gasteiger partial charge is 0.366 e. The second-order valence-corrected chi connectivity index (χ2v) is 6.66. The maximum Gasteiger partial charge on any atom is 0.254 e. The van der Waals surface area contributed by atoms with Gasteiger partial charge in [0.05, 0.1) is 0 Å². The molecule has 4 heteroatoms. The van der Waals surface area contributed by atoms with Crippen LogP contribution in [0.1, 0.15) is 64.1 Å². The van der Waals surface area contributed by atoms with Crippen molar-refractivity contribution < 1.29 is 9.59 Å². The Morgan fingerprint density at radius 3 is 2.08 bits per heavy atom. The minimum Gasteiger partial charge on any atom is -0.366 e. The van der Waals surface area contributed by atoms with Crippen molar-refractivity contribution in [1.82, 2.24) is 4.90 Å². The van der Waals surface area contributed by atoms with Gasteiger partial charge in [-0.1, -0.05) is 44.2 Å². The highest BCUT2D eigenvalue weighted by molar-refractivity contribution is 6.02. The summed E-state index contributed by atoms with van der Waals surface area (Å²) >= 11 is 0. The van der Waals surface area contributed by atoms with E-state index in [0.29, 0.717) is 30.6 Å². The molecule has 0 aliphatic heterocycles. The van der Waals surface area contributed by atoms with E-state index in [4.69, 9.17) is 5.73 Å². The average molecular weight is 352 g/mol. The van der Waals surface area contributed by atoms with Crippen molar-refractivity contribution in [2.75, 3.05) is 13.1 Å². The molecule has 2 aromatic rings. The first-order chi connectivity index (χ1) is 12.5. The monoisotopic (exact) mass is 352 g/mol. The Bertz CT molecular complexity index is 763. The average Bonchev–Trinajstić information content (AvgIpc) is 2.62. The third-order valence-electron chi connectivity index (χ3n) is 4.39. The number of nitrogens with zero attached hydrogens (tertiary/aromatic N) is 1. The van der Waals surface area contributed by atoms with E-state index >= 15 is 0 Å². The maximum atomic E-state index is 13.2. The van der Waals surface area contributed by atoms with Crippen molar-refractivity contribution >= 4 is 11.8 Å². The molecule has 2 rings (SSSR count). The predicted octanol–water partition coefficient (Wildman–Crippen LogP) is 3.95. The van der Waals surface area contributed by atoms with Gasteiger partial charge in [0, 0.05) is 24.2 Å². The van der Waals surface area contributed by atoms with Gasteiger partial charge in [0.25, 0.3) is 5.91 Å². The van der Waals surface area contributed by atoms with Crippen molar-refractivity contribution in [3.63, 3.8) is 0 Å². The Morgan fingerprint density at radius 2 is 1.54 bits per heavy atom. The fourth-order valence-corrected chi connectivity index (χ4v) is 3.24. The molecule has 2 aromatic carbocycles. The van der Waals surface area contributed by atoms with E-state index < -0.39 is 5.91 Å². The topological polar surface area (TPSA) is 63.4 Å². The van der Waals surface area contributed by atoms with Gasteiger partial charge in [0.2, 0.25) is 5.91 Å². The second kappa shape index (κ2) is 9.18. The molecule has 0 aliphatic carbocycles. The molecular weight excluding hydrogens is 324 g/mol. The minimum absolute atomic E-state index is 0.0224. The van der Waals surface area contributed by atoms with Crippen LogP contribution in [0.2, 0.25) is 0 Å². The van der Waals surface area contributed by atoms with Crippen molar-refractivity contribution in [2.45, 2.75) is 40.0 Å². The molecular formula is C22H28N2O2. The summed E-state index contributed by atoms with van der Waals surface area (Å²) in [5.74, 6) is -0.517. The molecule has 4 nitrogen and oxygen atoms in total. The van der Waals surface area contributed by atoms with Crippen molar-refractivity contribution in [3.8, 4) is 0 Å². The molecule has 0 spiro atoms. The molecule has 138 valence electrons. The van der Waals surface area contributed by atoms with Gasteiger partial charge in [-0.2, -0.15) is 0 Å². The molecule has 0 saturated heterocycles. The predicted molar refractivity (Wildman–Crippen MR) is 105 cm³/mol. The van der Waals surface area contributed by atoms with Crippen molar-refractivity contribution in [1.29, 1.82) is 0 Å². The molecule has 0 atom stereocenters. The Hall–Kier alpha value is -2.62. The van der Waals surface area contributed by atoms with Gasteiger partial charge < -0.3 is 10.6 Å². The van der Waals surface area contributed by atoms with Crippen LogP contribution < -0.4 is 5.73 Å². The molecule has 0 unspecified atom stereocenters. The third-order valence-corrected chi connectivity index (χ3v) is 4.39. The van der Waals surface area contributed by atoms with E-state index in [-0.39, 0.29) is 5.91 Å². The van der Waals surface area contributed by atoms with Crippen LogP contribution >= 0.6 is 0 Å². The van der Waals surface area contributed by atoms with Crippen LogP contribution in [0.25, 0.3) is 0 Å². The lowest BCUT2D eigenvalue weighted by Crippen LogP contribution is -2.33. The van der Waals surface area contributed by atoms with E-state index in [2.05, 4.69) is 13.8 Å². The highest BCUT2D eigenvalue weighted by Gasteiger charge is 2.22. The van der Waals surface area contributed by atoms with Crippen LogP contribution in [0.3, 0.4) is 0 Å². The quantitative estimate of drug-likeness (QED) is 0.782. The second-order valence-electron chi connectivity index (χ2n) is 6.66.